The van der Waals surface area contributed by atoms with Crippen LogP contribution in [0.1, 0.15) is 60.1 Å². The van der Waals surface area contributed by atoms with Gasteiger partial charge < -0.3 is 10.2 Å². The van der Waals surface area contributed by atoms with Gasteiger partial charge in [-0.25, -0.2) is 0 Å². The van der Waals surface area contributed by atoms with Crippen LogP contribution < -0.4 is 5.32 Å². The Morgan fingerprint density at radius 2 is 1.91 bits per heavy atom. The first-order valence-electron chi connectivity index (χ1n) is 10.6. The number of rotatable bonds is 4. The quantitative estimate of drug-likeness (QED) is 0.598. The molecule has 2 aliphatic rings. The Morgan fingerprint density at radius 3 is 2.59 bits per heavy atom. The minimum atomic E-state index is -4.59. The number of nitrogens with one attached hydrogen (secondary N) is 1. The molecule has 2 aromatic rings. The molecule has 1 N–H and O–H groups in total. The lowest BCUT2D eigenvalue weighted by Gasteiger charge is -2.35. The number of carbonyl (C=O) groups is 2. The lowest BCUT2D eigenvalue weighted by Crippen LogP contribution is -2.43. The summed E-state index contributed by atoms with van der Waals surface area (Å²) in [6.07, 6.45) is -0.536. The average molecular weight is 444 g/mol. The number of anilines is 1. The number of benzene rings is 2. The summed E-state index contributed by atoms with van der Waals surface area (Å²) in [5.41, 5.74) is -0.103. The molecule has 9 heteroatoms. The normalized spacial score (nSPS) is 21.0. The van der Waals surface area contributed by atoms with Crippen LogP contribution in [0.15, 0.2) is 52.7 Å². The summed E-state index contributed by atoms with van der Waals surface area (Å²) in [6.45, 7) is 2.82. The summed E-state index contributed by atoms with van der Waals surface area (Å²) in [5.74, 6) is -0.688. The highest BCUT2D eigenvalue weighted by molar-refractivity contribution is 6.03. The molecule has 2 aliphatic heterocycles. The third-order valence-electron chi connectivity index (χ3n) is 5.96. The summed E-state index contributed by atoms with van der Waals surface area (Å²) in [5, 5.41) is 10.3. The Balaban J connectivity index is 1.51. The van der Waals surface area contributed by atoms with Crippen molar-refractivity contribution in [2.24, 2.45) is 10.2 Å². The van der Waals surface area contributed by atoms with Crippen LogP contribution >= 0.6 is 0 Å². The second-order valence-electron chi connectivity index (χ2n) is 7.98. The zero-order valence-electron chi connectivity index (χ0n) is 17.5. The molecule has 32 heavy (non-hydrogen) atoms. The van der Waals surface area contributed by atoms with E-state index in [1.165, 1.54) is 12.1 Å². The summed E-state index contributed by atoms with van der Waals surface area (Å²) in [4.78, 5) is 27.0. The second-order valence-corrected chi connectivity index (χ2v) is 7.98. The van der Waals surface area contributed by atoms with Crippen molar-refractivity contribution in [2.45, 2.75) is 50.9 Å². The van der Waals surface area contributed by atoms with E-state index in [2.05, 4.69) is 22.5 Å². The smallest absolute Gasteiger partial charge is 0.336 e. The zero-order valence-corrected chi connectivity index (χ0v) is 17.5. The highest BCUT2D eigenvalue weighted by Crippen LogP contribution is 2.43. The number of nitrogens with zero attached hydrogens (tertiary/aromatic N) is 3. The summed E-state index contributed by atoms with van der Waals surface area (Å²) >= 11 is 0. The Morgan fingerprint density at radius 1 is 1.16 bits per heavy atom. The van der Waals surface area contributed by atoms with Crippen LogP contribution in [0.5, 0.6) is 0 Å². The van der Waals surface area contributed by atoms with Gasteiger partial charge in [0.15, 0.2) is 6.04 Å². The van der Waals surface area contributed by atoms with Crippen molar-refractivity contribution >= 4 is 23.2 Å². The van der Waals surface area contributed by atoms with E-state index in [-0.39, 0.29) is 23.2 Å². The van der Waals surface area contributed by atoms with E-state index in [0.717, 1.165) is 38.3 Å². The van der Waals surface area contributed by atoms with E-state index in [1.807, 2.05) is 4.90 Å². The Kier molecular flexibility index (Phi) is 5.99. The van der Waals surface area contributed by atoms with Crippen molar-refractivity contribution < 1.29 is 22.8 Å². The molecule has 2 atom stereocenters. The summed E-state index contributed by atoms with van der Waals surface area (Å²) < 4.78 is 39.6. The standard InChI is InChI=1S/C23H23F3N4O2/c1-2-16-6-3-4-13-30(16)22(32)14-9-11-15(12-10-14)28-29-20-17-7-5-8-18(23(24,25)26)19(17)27-21(20)31/h5,7-12,16,20H,2-4,6,13H2,1H3,(H,27,31)/t16-,20+/m1/s1. The number of para-hydroxylation sites is 1. The molecule has 0 saturated carbocycles. The van der Waals surface area contributed by atoms with Gasteiger partial charge in [0.25, 0.3) is 11.8 Å². The highest BCUT2D eigenvalue weighted by Gasteiger charge is 2.40. The lowest BCUT2D eigenvalue weighted by atomic mass is 9.99. The van der Waals surface area contributed by atoms with Gasteiger partial charge in [-0.1, -0.05) is 19.1 Å². The Labute approximate surface area is 183 Å². The van der Waals surface area contributed by atoms with Gasteiger partial charge >= 0.3 is 6.18 Å². The van der Waals surface area contributed by atoms with Crippen LogP contribution in [0.4, 0.5) is 24.5 Å². The second kappa shape index (κ2) is 8.72. The number of hydrogen-bond donors (Lipinski definition) is 1. The molecule has 0 aromatic heterocycles. The molecule has 2 amide bonds. The fourth-order valence-electron chi connectivity index (χ4n) is 4.27. The van der Waals surface area contributed by atoms with E-state index >= 15 is 0 Å². The first kappa shape index (κ1) is 22.0. The van der Waals surface area contributed by atoms with Crippen LogP contribution in [0.3, 0.4) is 0 Å². The van der Waals surface area contributed by atoms with E-state index in [1.54, 1.807) is 24.3 Å². The van der Waals surface area contributed by atoms with Crippen LogP contribution in [0, 0.1) is 0 Å². The number of hydrogen-bond acceptors (Lipinski definition) is 4. The number of piperidine rings is 1. The molecule has 6 nitrogen and oxygen atoms in total. The predicted molar refractivity (Wildman–Crippen MR) is 113 cm³/mol. The maximum Gasteiger partial charge on any atom is 0.418 e. The molecule has 0 radical (unpaired) electrons. The molecule has 4 rings (SSSR count). The SMILES string of the molecule is CC[C@@H]1CCCCN1C(=O)c1ccc(N=N[C@@H]2C(=O)Nc3c2cccc3C(F)(F)F)cc1. The number of alkyl halides is 3. The van der Waals surface area contributed by atoms with Gasteiger partial charge in [-0.2, -0.15) is 23.4 Å². The van der Waals surface area contributed by atoms with Crippen LogP contribution in [-0.4, -0.2) is 29.3 Å². The van der Waals surface area contributed by atoms with E-state index in [4.69, 9.17) is 0 Å². The highest BCUT2D eigenvalue weighted by atomic mass is 19.4. The third kappa shape index (κ3) is 4.24. The van der Waals surface area contributed by atoms with Crippen molar-refractivity contribution in [3.63, 3.8) is 0 Å². The van der Waals surface area contributed by atoms with Gasteiger partial charge in [0.1, 0.15) is 0 Å². The van der Waals surface area contributed by atoms with Crippen molar-refractivity contribution in [1.29, 1.82) is 0 Å². The topological polar surface area (TPSA) is 74.1 Å². The number of likely N-dealkylation sites (tertiary alicyclic amines) is 1. The van der Waals surface area contributed by atoms with Gasteiger partial charge in [-0.05, 0) is 56.0 Å². The van der Waals surface area contributed by atoms with Gasteiger partial charge in [0, 0.05) is 23.7 Å². The lowest BCUT2D eigenvalue weighted by molar-refractivity contribution is -0.136. The van der Waals surface area contributed by atoms with Crippen LogP contribution in [-0.2, 0) is 11.0 Å². The molecule has 0 unspecified atom stereocenters. The van der Waals surface area contributed by atoms with Crippen LogP contribution in [0.2, 0.25) is 0 Å². The van der Waals surface area contributed by atoms with Crippen molar-refractivity contribution in [3.05, 3.63) is 59.2 Å². The largest absolute Gasteiger partial charge is 0.418 e. The van der Waals surface area contributed by atoms with Crippen molar-refractivity contribution in [2.75, 3.05) is 11.9 Å². The summed E-state index contributed by atoms with van der Waals surface area (Å²) in [6, 6.07) is 9.21. The first-order valence-corrected chi connectivity index (χ1v) is 10.6. The number of azo groups is 1. The third-order valence-corrected chi connectivity index (χ3v) is 5.96. The minimum Gasteiger partial charge on any atom is -0.336 e. The fraction of sp³-hybridized carbons (Fsp3) is 0.391. The predicted octanol–water partition coefficient (Wildman–Crippen LogP) is 5.89. The number of carbonyl (C=O) groups excluding carboxylic acids is 2. The Hall–Kier alpha value is -3.23. The summed E-state index contributed by atoms with van der Waals surface area (Å²) in [7, 11) is 0. The van der Waals surface area contributed by atoms with Crippen molar-refractivity contribution in [3.8, 4) is 0 Å². The number of amides is 2. The van der Waals surface area contributed by atoms with Gasteiger partial charge in [0.2, 0.25) is 0 Å². The van der Waals surface area contributed by atoms with E-state index < -0.39 is 23.7 Å². The molecule has 168 valence electrons. The minimum absolute atomic E-state index is 0.0242. The maximum absolute atomic E-state index is 13.2. The number of halogens is 3. The average Bonchev–Trinajstić information content (AvgIpc) is 3.11. The molecular weight excluding hydrogens is 421 g/mol. The Bertz CT molecular complexity index is 1050. The molecule has 1 fully saturated rings. The molecule has 1 saturated heterocycles. The van der Waals surface area contributed by atoms with E-state index in [9.17, 15) is 22.8 Å². The molecular formula is C23H23F3N4O2. The fourth-order valence-corrected chi connectivity index (χ4v) is 4.27. The number of fused-ring (bicyclic) bond motifs is 1. The van der Waals surface area contributed by atoms with Crippen LogP contribution in [0.25, 0.3) is 0 Å². The first-order chi connectivity index (χ1) is 15.3. The van der Waals surface area contributed by atoms with Gasteiger partial charge in [-0.15, -0.1) is 0 Å². The molecule has 2 heterocycles. The van der Waals surface area contributed by atoms with Gasteiger partial charge in [-0.3, -0.25) is 9.59 Å². The van der Waals surface area contributed by atoms with Crippen molar-refractivity contribution in [1.82, 2.24) is 4.90 Å². The molecule has 0 bridgehead atoms. The zero-order chi connectivity index (χ0) is 22.9. The van der Waals surface area contributed by atoms with Gasteiger partial charge in [0.05, 0.1) is 16.9 Å². The molecule has 2 aromatic carbocycles. The monoisotopic (exact) mass is 444 g/mol. The maximum atomic E-state index is 13.2. The molecule has 0 spiro atoms. The molecule has 0 aliphatic carbocycles. The van der Waals surface area contributed by atoms with E-state index in [0.29, 0.717) is 11.3 Å².